The lowest BCUT2D eigenvalue weighted by Gasteiger charge is -1.76. The Bertz CT molecular complexity index is 30.6. The van der Waals surface area contributed by atoms with Gasteiger partial charge in [-0.2, -0.15) is 5.10 Å². The predicted molar refractivity (Wildman–Crippen MR) is 20.0 cm³/mol. The summed E-state index contributed by atoms with van der Waals surface area (Å²) in [4.78, 5) is 0. The molecule has 0 radical (unpaired) electrons. The summed E-state index contributed by atoms with van der Waals surface area (Å²) in [7, 11) is 0. The van der Waals surface area contributed by atoms with E-state index in [2.05, 4.69) is 10.9 Å². The molecule has 30 valence electrons. The molecule has 5 heavy (non-hydrogen) atoms. The molecule has 0 aromatic carbocycles. The van der Waals surface area contributed by atoms with E-state index in [4.69, 9.17) is 5.73 Å². The molecule has 0 aromatic heterocycles. The van der Waals surface area contributed by atoms with E-state index >= 15 is 0 Å². The second-order valence-electron chi connectivity index (χ2n) is 0.407. The van der Waals surface area contributed by atoms with Crippen LogP contribution < -0.4 is 17.1 Å². The molecular weight excluding hydrogens is 68.0 g/mol. The van der Waals surface area contributed by atoms with Crippen LogP contribution in [-0.4, -0.2) is 6.34 Å². The highest BCUT2D eigenvalue weighted by atomic mass is 15.5. The summed E-state index contributed by atoms with van der Waals surface area (Å²) < 4.78 is 0. The molecule has 0 saturated carbocycles. The van der Waals surface area contributed by atoms with Crippen LogP contribution in [0.1, 0.15) is 0 Å². The summed E-state index contributed by atoms with van der Waals surface area (Å²) in [6.07, 6.45) is 1.07. The van der Waals surface area contributed by atoms with E-state index in [9.17, 15) is 0 Å². The third-order valence-electron chi connectivity index (χ3n) is 0.149. The molecule has 0 unspecified atom stereocenters. The van der Waals surface area contributed by atoms with Gasteiger partial charge in [-0.05, 0) is 0 Å². The molecule has 0 aromatic rings. The number of nitrogens with zero attached hydrogens (tertiary/aromatic N) is 1. The Balaban J connectivity index is 2.62. The molecule has 4 nitrogen and oxygen atoms in total. The van der Waals surface area contributed by atoms with Gasteiger partial charge in [0.2, 0.25) is 0 Å². The molecule has 0 aliphatic carbocycles. The fraction of sp³-hybridized carbons (Fsp3) is 0. The van der Waals surface area contributed by atoms with E-state index in [0.717, 1.165) is 6.34 Å². The minimum Gasteiger partial charge on any atom is -0.388 e. The van der Waals surface area contributed by atoms with Gasteiger partial charge in [0.15, 0.2) is 0 Å². The Morgan fingerprint density at radius 2 is 2.40 bits per heavy atom. The standard InChI is InChI=1S/CH6N4/c2-1-4-5-3/h1,5H,3H2,(H2,2,4). The molecule has 0 bridgehead atoms. The van der Waals surface area contributed by atoms with Crippen molar-refractivity contribution in [1.82, 2.24) is 5.53 Å². The fourth-order valence-electron chi connectivity index (χ4n) is 0.0430. The lowest BCUT2D eigenvalue weighted by Crippen LogP contribution is -2.15. The fourth-order valence-corrected chi connectivity index (χ4v) is 0.0430. The average Bonchev–Trinajstić information content (AvgIpc) is 1.41. The molecule has 0 saturated heterocycles. The van der Waals surface area contributed by atoms with E-state index in [1.165, 1.54) is 0 Å². The van der Waals surface area contributed by atoms with Crippen molar-refractivity contribution in [3.05, 3.63) is 0 Å². The van der Waals surface area contributed by atoms with Crippen molar-refractivity contribution < 1.29 is 0 Å². The summed E-state index contributed by atoms with van der Waals surface area (Å²) in [5.41, 5.74) is 6.67. The first-order valence-corrected chi connectivity index (χ1v) is 1.10. The first kappa shape index (κ1) is 4.23. The van der Waals surface area contributed by atoms with Gasteiger partial charge >= 0.3 is 0 Å². The van der Waals surface area contributed by atoms with Crippen molar-refractivity contribution in [3.63, 3.8) is 0 Å². The summed E-state index contributed by atoms with van der Waals surface area (Å²) in [5, 5.41) is 3.15. The number of nitrogens with two attached hydrogens (primary N) is 2. The molecule has 0 atom stereocenters. The Hall–Kier alpha value is -0.770. The van der Waals surface area contributed by atoms with Gasteiger partial charge in [0.05, 0.1) is 0 Å². The SMILES string of the molecule is NC=NNN. The van der Waals surface area contributed by atoms with Gasteiger partial charge in [-0.1, -0.05) is 0 Å². The highest BCUT2D eigenvalue weighted by Gasteiger charge is 1.43. The van der Waals surface area contributed by atoms with Gasteiger partial charge in [0.1, 0.15) is 6.34 Å². The third kappa shape index (κ3) is 3.23. The summed E-state index contributed by atoms with van der Waals surface area (Å²) in [5.74, 6) is 4.61. The van der Waals surface area contributed by atoms with Crippen LogP contribution in [-0.2, 0) is 0 Å². The Morgan fingerprint density at radius 3 is 2.40 bits per heavy atom. The van der Waals surface area contributed by atoms with Gasteiger partial charge in [-0.15, -0.1) is 0 Å². The lowest BCUT2D eigenvalue weighted by molar-refractivity contribution is 0.809. The maximum atomic E-state index is 4.70. The van der Waals surface area contributed by atoms with E-state index in [0.29, 0.717) is 0 Å². The number of hydrogen-bond donors (Lipinski definition) is 3. The van der Waals surface area contributed by atoms with Crippen molar-refractivity contribution >= 4 is 6.34 Å². The van der Waals surface area contributed by atoms with E-state index in [-0.39, 0.29) is 0 Å². The zero-order valence-corrected chi connectivity index (χ0v) is 2.68. The topological polar surface area (TPSA) is 76.4 Å². The number of rotatable bonds is 1. The number of hydrazine groups is 1. The number of hydrazone groups is 1. The Kier molecular flexibility index (Phi) is 2.73. The van der Waals surface area contributed by atoms with Crippen molar-refractivity contribution in [1.29, 1.82) is 0 Å². The first-order chi connectivity index (χ1) is 2.41. The molecule has 0 heterocycles. The van der Waals surface area contributed by atoms with E-state index in [1.54, 1.807) is 0 Å². The highest BCUT2D eigenvalue weighted by molar-refractivity contribution is 5.50. The molecule has 0 aliphatic rings. The predicted octanol–water partition coefficient (Wildman–Crippen LogP) is -1.65. The van der Waals surface area contributed by atoms with Gasteiger partial charge in [0, 0.05) is 0 Å². The smallest absolute Gasteiger partial charge is 0.107 e. The van der Waals surface area contributed by atoms with Gasteiger partial charge in [-0.3, -0.25) is 0 Å². The molecule has 4 heteroatoms. The largest absolute Gasteiger partial charge is 0.388 e. The number of hydrogen-bond acceptors (Lipinski definition) is 3. The zero-order chi connectivity index (χ0) is 4.12. The van der Waals surface area contributed by atoms with Gasteiger partial charge in [0.25, 0.3) is 0 Å². The van der Waals surface area contributed by atoms with Crippen molar-refractivity contribution in [2.24, 2.45) is 16.7 Å². The van der Waals surface area contributed by atoms with Crippen molar-refractivity contribution in [2.75, 3.05) is 0 Å². The molecule has 0 rings (SSSR count). The molecule has 0 fully saturated rings. The minimum absolute atomic E-state index is 1.07. The van der Waals surface area contributed by atoms with E-state index in [1.807, 2.05) is 5.53 Å². The van der Waals surface area contributed by atoms with Crippen LogP contribution in [0.25, 0.3) is 0 Å². The van der Waals surface area contributed by atoms with Gasteiger partial charge < -0.3 is 5.73 Å². The van der Waals surface area contributed by atoms with Crippen LogP contribution >= 0.6 is 0 Å². The van der Waals surface area contributed by atoms with Crippen LogP contribution in [0.4, 0.5) is 0 Å². The average molecular weight is 74.1 g/mol. The van der Waals surface area contributed by atoms with Crippen LogP contribution in [0.5, 0.6) is 0 Å². The zero-order valence-electron chi connectivity index (χ0n) is 2.68. The van der Waals surface area contributed by atoms with Crippen LogP contribution in [0.15, 0.2) is 5.10 Å². The summed E-state index contributed by atoms with van der Waals surface area (Å²) >= 11 is 0. The van der Waals surface area contributed by atoms with Crippen LogP contribution in [0, 0.1) is 0 Å². The van der Waals surface area contributed by atoms with Crippen molar-refractivity contribution in [3.8, 4) is 0 Å². The van der Waals surface area contributed by atoms with E-state index < -0.39 is 0 Å². The van der Waals surface area contributed by atoms with Crippen LogP contribution in [0.2, 0.25) is 0 Å². The number of nitrogens with one attached hydrogen (secondary N) is 1. The summed E-state index contributed by atoms with van der Waals surface area (Å²) in [6.45, 7) is 0. The second-order valence-corrected chi connectivity index (χ2v) is 0.407. The molecule has 5 N–H and O–H groups in total. The monoisotopic (exact) mass is 74.1 g/mol. The van der Waals surface area contributed by atoms with Crippen molar-refractivity contribution in [2.45, 2.75) is 0 Å². The molecule has 0 spiro atoms. The third-order valence-corrected chi connectivity index (χ3v) is 0.149. The lowest BCUT2D eigenvalue weighted by atomic mass is 11.4. The quantitative estimate of drug-likeness (QED) is 0.151. The van der Waals surface area contributed by atoms with Gasteiger partial charge in [-0.25, -0.2) is 11.4 Å². The van der Waals surface area contributed by atoms with Crippen LogP contribution in [0.3, 0.4) is 0 Å². The molecular formula is CH6N4. The maximum absolute atomic E-state index is 4.70. The normalized spacial score (nSPS) is 9.00. The highest BCUT2D eigenvalue weighted by Crippen LogP contribution is 1.28. The Morgan fingerprint density at radius 1 is 1.80 bits per heavy atom. The molecule has 0 amide bonds. The minimum atomic E-state index is 1.07. The second kappa shape index (κ2) is 3.23. The maximum Gasteiger partial charge on any atom is 0.107 e. The first-order valence-electron chi connectivity index (χ1n) is 1.10. The summed E-state index contributed by atoms with van der Waals surface area (Å²) in [6, 6.07) is 0. The molecule has 0 aliphatic heterocycles. The Labute approximate surface area is 29.8 Å².